The van der Waals surface area contributed by atoms with Gasteiger partial charge in [0.05, 0.1) is 18.5 Å². The number of nitrogens with one attached hydrogen (secondary N) is 1. The van der Waals surface area contributed by atoms with Crippen LogP contribution in [0, 0.1) is 5.82 Å². The van der Waals surface area contributed by atoms with Crippen molar-refractivity contribution >= 4 is 5.91 Å². The molecule has 1 aliphatic heterocycles. The minimum atomic E-state index is -0.272. The Kier molecular flexibility index (Phi) is 6.61. The molecule has 1 N–H and O–H groups in total. The SMILES string of the molecule is CCCOc1ccccc1-c1cc(C(=O)N2CCC[C@@H]2c2ncc(Cc3ccc(F)cc3)o2)[nH]n1. The number of nitrogens with zero attached hydrogens (tertiary/aromatic N) is 3. The topological polar surface area (TPSA) is 84.2 Å². The van der Waals surface area contributed by atoms with E-state index in [0.29, 0.717) is 42.6 Å². The Bertz CT molecular complexity index is 1300. The number of carbonyl (C=O) groups excluding carboxylic acids is 1. The van der Waals surface area contributed by atoms with Gasteiger partial charge in [-0.15, -0.1) is 0 Å². The molecule has 2 aromatic carbocycles. The lowest BCUT2D eigenvalue weighted by Crippen LogP contribution is -2.31. The Morgan fingerprint density at radius 1 is 1.23 bits per heavy atom. The summed E-state index contributed by atoms with van der Waals surface area (Å²) < 4.78 is 25.0. The Morgan fingerprint density at radius 2 is 2.06 bits per heavy atom. The summed E-state index contributed by atoms with van der Waals surface area (Å²) in [6, 6.07) is 15.5. The first-order valence-electron chi connectivity index (χ1n) is 11.9. The van der Waals surface area contributed by atoms with Gasteiger partial charge in [-0.2, -0.15) is 5.10 Å². The number of aromatic amines is 1. The Balaban J connectivity index is 1.31. The second kappa shape index (κ2) is 10.1. The summed E-state index contributed by atoms with van der Waals surface area (Å²) in [4.78, 5) is 19.6. The van der Waals surface area contributed by atoms with E-state index in [4.69, 9.17) is 9.15 Å². The molecule has 0 unspecified atom stereocenters. The van der Waals surface area contributed by atoms with Crippen LogP contribution in [0.5, 0.6) is 5.75 Å². The molecule has 1 amide bonds. The highest BCUT2D eigenvalue weighted by molar-refractivity contribution is 5.94. The van der Waals surface area contributed by atoms with Gasteiger partial charge >= 0.3 is 0 Å². The Hall–Kier alpha value is -3.94. The largest absolute Gasteiger partial charge is 0.493 e. The maximum absolute atomic E-state index is 13.4. The molecular formula is C27H27FN4O3. The number of hydrogen-bond donors (Lipinski definition) is 1. The van der Waals surface area contributed by atoms with E-state index in [1.54, 1.807) is 29.3 Å². The predicted octanol–water partition coefficient (Wildman–Crippen LogP) is 5.56. The molecule has 7 nitrogen and oxygen atoms in total. The normalized spacial score (nSPS) is 15.5. The second-order valence-corrected chi connectivity index (χ2v) is 8.64. The third kappa shape index (κ3) is 4.96. The van der Waals surface area contributed by atoms with E-state index in [1.165, 1.54) is 12.1 Å². The molecule has 1 aliphatic rings. The van der Waals surface area contributed by atoms with Crippen molar-refractivity contribution in [2.24, 2.45) is 0 Å². The van der Waals surface area contributed by atoms with Crippen LogP contribution in [0.3, 0.4) is 0 Å². The molecule has 4 aromatic rings. The average Bonchev–Trinajstić information content (AvgIpc) is 3.64. The van der Waals surface area contributed by atoms with Gasteiger partial charge in [0.1, 0.15) is 29.1 Å². The van der Waals surface area contributed by atoms with Crippen molar-refractivity contribution in [3.8, 4) is 17.0 Å². The number of benzene rings is 2. The number of oxazole rings is 1. The maximum atomic E-state index is 13.4. The predicted molar refractivity (Wildman–Crippen MR) is 129 cm³/mol. The molecule has 5 rings (SSSR count). The number of H-pyrrole nitrogens is 1. The van der Waals surface area contributed by atoms with Gasteiger partial charge in [-0.05, 0) is 55.2 Å². The van der Waals surface area contributed by atoms with Crippen molar-refractivity contribution in [3.05, 3.63) is 89.5 Å². The highest BCUT2D eigenvalue weighted by atomic mass is 19.1. The molecular weight excluding hydrogens is 447 g/mol. The minimum absolute atomic E-state index is 0.142. The van der Waals surface area contributed by atoms with E-state index in [-0.39, 0.29) is 17.8 Å². The number of halogens is 1. The van der Waals surface area contributed by atoms with Crippen LogP contribution in [-0.4, -0.2) is 39.1 Å². The lowest BCUT2D eigenvalue weighted by molar-refractivity contribution is 0.0708. The highest BCUT2D eigenvalue weighted by Gasteiger charge is 2.34. The Morgan fingerprint density at radius 3 is 2.89 bits per heavy atom. The molecule has 0 bridgehead atoms. The van der Waals surface area contributed by atoms with Gasteiger partial charge in [0, 0.05) is 18.5 Å². The van der Waals surface area contributed by atoms with Crippen molar-refractivity contribution in [3.63, 3.8) is 0 Å². The van der Waals surface area contributed by atoms with E-state index in [1.807, 2.05) is 24.3 Å². The monoisotopic (exact) mass is 474 g/mol. The van der Waals surface area contributed by atoms with Crippen LogP contribution in [0.15, 0.2) is 65.2 Å². The van der Waals surface area contributed by atoms with Crippen LogP contribution >= 0.6 is 0 Å². The molecule has 1 fully saturated rings. The molecule has 180 valence electrons. The highest BCUT2D eigenvalue weighted by Crippen LogP contribution is 2.34. The quantitative estimate of drug-likeness (QED) is 0.361. The zero-order valence-corrected chi connectivity index (χ0v) is 19.5. The zero-order chi connectivity index (χ0) is 24.2. The summed E-state index contributed by atoms with van der Waals surface area (Å²) in [7, 11) is 0. The first-order chi connectivity index (χ1) is 17.1. The lowest BCUT2D eigenvalue weighted by Gasteiger charge is -2.21. The van der Waals surface area contributed by atoms with E-state index in [0.717, 1.165) is 36.1 Å². The molecule has 0 saturated carbocycles. The van der Waals surface area contributed by atoms with E-state index < -0.39 is 0 Å². The molecule has 0 radical (unpaired) electrons. The first-order valence-corrected chi connectivity index (χ1v) is 11.9. The molecule has 2 aromatic heterocycles. The van der Waals surface area contributed by atoms with Crippen LogP contribution in [-0.2, 0) is 6.42 Å². The van der Waals surface area contributed by atoms with Crippen molar-refractivity contribution < 1.29 is 18.3 Å². The van der Waals surface area contributed by atoms with Crippen LogP contribution in [0.2, 0.25) is 0 Å². The number of likely N-dealkylation sites (tertiary alicyclic amines) is 1. The summed E-state index contributed by atoms with van der Waals surface area (Å²) in [5.41, 5.74) is 2.85. The number of aromatic nitrogens is 3. The zero-order valence-electron chi connectivity index (χ0n) is 19.5. The average molecular weight is 475 g/mol. The summed E-state index contributed by atoms with van der Waals surface area (Å²) in [5.74, 6) is 1.53. The number of amides is 1. The number of ether oxygens (including phenoxy) is 1. The van der Waals surface area contributed by atoms with Crippen molar-refractivity contribution in [2.45, 2.75) is 38.6 Å². The fourth-order valence-corrected chi connectivity index (χ4v) is 4.37. The van der Waals surface area contributed by atoms with Gasteiger partial charge in [0.15, 0.2) is 0 Å². The third-order valence-electron chi connectivity index (χ3n) is 6.09. The number of para-hydroxylation sites is 1. The smallest absolute Gasteiger partial charge is 0.272 e. The molecule has 0 aliphatic carbocycles. The molecule has 1 saturated heterocycles. The number of carbonyl (C=O) groups is 1. The van der Waals surface area contributed by atoms with Gasteiger partial charge < -0.3 is 14.1 Å². The fraction of sp³-hybridized carbons (Fsp3) is 0.296. The molecule has 3 heterocycles. The van der Waals surface area contributed by atoms with Crippen LogP contribution in [0.25, 0.3) is 11.3 Å². The van der Waals surface area contributed by atoms with E-state index in [9.17, 15) is 9.18 Å². The van der Waals surface area contributed by atoms with Crippen molar-refractivity contribution in [1.29, 1.82) is 0 Å². The van der Waals surface area contributed by atoms with Gasteiger partial charge in [-0.25, -0.2) is 9.37 Å². The summed E-state index contributed by atoms with van der Waals surface area (Å²) >= 11 is 0. The first kappa shape index (κ1) is 22.8. The standard InChI is InChI=1S/C27H27FN4O3/c1-2-14-34-25-8-4-3-6-21(25)22-16-23(31-30-22)27(33)32-13-5-7-24(32)26-29-17-20(35-26)15-18-9-11-19(28)12-10-18/h3-4,6,8-12,16-17,24H,2,5,7,13-15H2,1H3,(H,30,31)/t24-/m1/s1. The minimum Gasteiger partial charge on any atom is -0.493 e. The third-order valence-corrected chi connectivity index (χ3v) is 6.09. The van der Waals surface area contributed by atoms with Crippen LogP contribution in [0.4, 0.5) is 4.39 Å². The maximum Gasteiger partial charge on any atom is 0.272 e. The summed E-state index contributed by atoms with van der Waals surface area (Å²) in [5, 5.41) is 7.28. The van der Waals surface area contributed by atoms with E-state index >= 15 is 0 Å². The van der Waals surface area contributed by atoms with Gasteiger partial charge in [-0.3, -0.25) is 9.89 Å². The van der Waals surface area contributed by atoms with Gasteiger partial charge in [0.2, 0.25) is 5.89 Å². The van der Waals surface area contributed by atoms with Crippen molar-refractivity contribution in [1.82, 2.24) is 20.1 Å². The molecule has 8 heteroatoms. The second-order valence-electron chi connectivity index (χ2n) is 8.64. The number of hydrogen-bond acceptors (Lipinski definition) is 5. The van der Waals surface area contributed by atoms with E-state index in [2.05, 4.69) is 22.1 Å². The summed E-state index contributed by atoms with van der Waals surface area (Å²) in [6.45, 7) is 3.28. The molecule has 0 spiro atoms. The van der Waals surface area contributed by atoms with Gasteiger partial charge in [0.25, 0.3) is 5.91 Å². The molecule has 35 heavy (non-hydrogen) atoms. The Labute approximate surface area is 202 Å². The van der Waals surface area contributed by atoms with Crippen molar-refractivity contribution in [2.75, 3.05) is 13.2 Å². The van der Waals surface area contributed by atoms with Crippen LogP contribution < -0.4 is 4.74 Å². The summed E-state index contributed by atoms with van der Waals surface area (Å²) in [6.07, 6.45) is 4.73. The fourth-order valence-electron chi connectivity index (χ4n) is 4.37. The van der Waals surface area contributed by atoms with Crippen LogP contribution in [0.1, 0.15) is 59.9 Å². The lowest BCUT2D eigenvalue weighted by atomic mass is 10.1. The van der Waals surface area contributed by atoms with Gasteiger partial charge in [-0.1, -0.05) is 31.2 Å². The number of rotatable bonds is 8. The molecule has 1 atom stereocenters.